The first kappa shape index (κ1) is 25.5. The van der Waals surface area contributed by atoms with E-state index in [1.165, 1.54) is 16.5 Å². The first-order chi connectivity index (χ1) is 18.6. The zero-order chi connectivity index (χ0) is 26.5. The van der Waals surface area contributed by atoms with Gasteiger partial charge < -0.3 is 9.97 Å². The predicted molar refractivity (Wildman–Crippen MR) is 167 cm³/mol. The molecule has 0 spiro atoms. The minimum atomic E-state index is 0.632. The first-order valence-electron chi connectivity index (χ1n) is 12.2. The highest BCUT2D eigenvalue weighted by atomic mass is 32.1. The number of aromatic nitrogens is 2. The first-order valence-corrected chi connectivity index (χ1v) is 13.1. The number of hydrogen-bond donors (Lipinski definition) is 2. The summed E-state index contributed by atoms with van der Waals surface area (Å²) in [7, 11) is 3.42. The number of hydrogen-bond acceptors (Lipinski definition) is 3. The number of rotatable bonds is 5. The van der Waals surface area contributed by atoms with E-state index in [9.17, 15) is 0 Å². The summed E-state index contributed by atoms with van der Waals surface area (Å²) in [6.07, 6.45) is 0. The number of hydroxylamine groups is 2. The molecular weight excluding hydrogens is 507 g/mol. The summed E-state index contributed by atoms with van der Waals surface area (Å²) in [5.74, 6) is 0. The summed E-state index contributed by atoms with van der Waals surface area (Å²) in [5, 5.41) is 5.68. The van der Waals surface area contributed by atoms with Crippen molar-refractivity contribution in [2.45, 2.75) is 0 Å². The number of fused-ring (bicyclic) bond motifs is 2. The zero-order valence-electron chi connectivity index (χ0n) is 21.1. The van der Waals surface area contributed by atoms with E-state index >= 15 is 0 Å². The van der Waals surface area contributed by atoms with Crippen LogP contribution in [0.25, 0.3) is 44.1 Å². The van der Waals surface area contributed by atoms with Gasteiger partial charge in [-0.15, -0.1) is 0 Å². The van der Waals surface area contributed by atoms with Crippen LogP contribution >= 0.6 is 24.4 Å². The molecule has 0 unspecified atom stereocenters. The second kappa shape index (κ2) is 11.5. The molecule has 0 aliphatic rings. The van der Waals surface area contributed by atoms with Crippen molar-refractivity contribution in [1.82, 2.24) is 15.0 Å². The topological polar surface area (TPSA) is 44.0 Å². The van der Waals surface area contributed by atoms with Crippen LogP contribution in [-0.4, -0.2) is 39.5 Å². The van der Waals surface area contributed by atoms with E-state index in [0.29, 0.717) is 4.99 Å². The molecule has 4 nitrogen and oxygen atoms in total. The Morgan fingerprint density at radius 3 is 1.71 bits per heavy atom. The number of nitrogens with zero attached hydrogens (tertiary/aromatic N) is 1. The molecule has 0 aliphatic carbocycles. The molecule has 6 aromatic rings. The lowest BCUT2D eigenvalue weighted by atomic mass is 10.0. The van der Waals surface area contributed by atoms with Gasteiger partial charge in [0.05, 0.1) is 18.5 Å². The monoisotopic (exact) mass is 533 g/mol. The maximum absolute atomic E-state index is 5.54. The highest BCUT2D eigenvalue weighted by molar-refractivity contribution is 7.80. The molecule has 0 amide bonds. The minimum Gasteiger partial charge on any atom is -0.354 e. The van der Waals surface area contributed by atoms with Crippen molar-refractivity contribution in [2.24, 2.45) is 0 Å². The Kier molecular flexibility index (Phi) is 7.75. The number of nitrogens with one attached hydrogen (secondary N) is 2. The Morgan fingerprint density at radius 1 is 0.684 bits per heavy atom. The molecule has 6 rings (SSSR count). The van der Waals surface area contributed by atoms with Crippen molar-refractivity contribution in [3.63, 3.8) is 0 Å². The fraction of sp³-hybridized carbons (Fsp3) is 0.0625. The Hall–Kier alpha value is -4.10. The second-order valence-corrected chi connectivity index (χ2v) is 9.34. The molecule has 2 aromatic heterocycles. The third-order valence-corrected chi connectivity index (χ3v) is 7.15. The number of thiocarbonyl (C=S) groups is 2. The van der Waals surface area contributed by atoms with E-state index in [2.05, 4.69) is 64.6 Å². The van der Waals surface area contributed by atoms with E-state index in [0.717, 1.165) is 38.9 Å². The molecule has 0 saturated heterocycles. The van der Waals surface area contributed by atoms with Gasteiger partial charge >= 0.3 is 0 Å². The second-order valence-electron chi connectivity index (χ2n) is 8.71. The van der Waals surface area contributed by atoms with Crippen LogP contribution in [-0.2, 0) is 4.84 Å². The van der Waals surface area contributed by atoms with Crippen LogP contribution < -0.4 is 0 Å². The average molecular weight is 534 g/mol. The molecule has 6 heteroatoms. The van der Waals surface area contributed by atoms with E-state index in [-0.39, 0.29) is 0 Å². The zero-order valence-corrected chi connectivity index (χ0v) is 22.8. The lowest BCUT2D eigenvalue weighted by Crippen LogP contribution is -2.25. The van der Waals surface area contributed by atoms with Crippen molar-refractivity contribution in [2.75, 3.05) is 14.2 Å². The normalized spacial score (nSPS) is 10.7. The Labute approximate surface area is 232 Å². The van der Waals surface area contributed by atoms with Gasteiger partial charge in [0.1, 0.15) is 0 Å². The van der Waals surface area contributed by atoms with Gasteiger partial charge in [-0.3, -0.25) is 4.84 Å². The van der Waals surface area contributed by atoms with Crippen molar-refractivity contribution in [1.29, 1.82) is 0 Å². The van der Waals surface area contributed by atoms with Gasteiger partial charge in [-0.1, -0.05) is 121 Å². The molecule has 0 aliphatic heterocycles. The van der Waals surface area contributed by atoms with Crippen LogP contribution in [0.3, 0.4) is 0 Å². The molecule has 0 saturated carbocycles. The highest BCUT2D eigenvalue weighted by Crippen LogP contribution is 2.33. The van der Waals surface area contributed by atoms with Crippen molar-refractivity contribution < 1.29 is 4.84 Å². The fourth-order valence-electron chi connectivity index (χ4n) is 4.61. The average Bonchev–Trinajstić information content (AvgIpc) is 3.56. The summed E-state index contributed by atoms with van der Waals surface area (Å²) in [5.41, 5.74) is 8.74. The Balaban J connectivity index is 0.000000158. The largest absolute Gasteiger partial charge is 0.354 e. The van der Waals surface area contributed by atoms with Crippen molar-refractivity contribution in [3.8, 4) is 22.3 Å². The quantitative estimate of drug-likeness (QED) is 0.173. The lowest BCUT2D eigenvalue weighted by molar-refractivity contribution is -0.0386. The van der Waals surface area contributed by atoms with Crippen LogP contribution in [0.4, 0.5) is 0 Å². The molecule has 4 aromatic carbocycles. The number of H-pyrrole nitrogens is 2. The smallest absolute Gasteiger partial charge is 0.150 e. The standard InChI is InChI=1S/C17H16N2OS.C15H11NS/c1-19(20-2)17(21)16-15(12-8-4-3-5-9-12)13-10-6-7-11-14(13)18-16;17-10-14-15(11-6-2-1-3-7-11)12-8-4-5-9-13(12)16-14/h3-11,18H,1-2H3;1-10,16H. The van der Waals surface area contributed by atoms with Crippen LogP contribution in [0.5, 0.6) is 0 Å². The summed E-state index contributed by atoms with van der Waals surface area (Å²) in [6.45, 7) is 0. The Bertz CT molecular complexity index is 1710. The molecule has 38 heavy (non-hydrogen) atoms. The number of aromatic amines is 2. The summed E-state index contributed by atoms with van der Waals surface area (Å²) < 4.78 is 0. The van der Waals surface area contributed by atoms with E-state index in [4.69, 9.17) is 29.3 Å². The lowest BCUT2D eigenvalue weighted by Gasteiger charge is -2.17. The van der Waals surface area contributed by atoms with E-state index < -0.39 is 0 Å². The summed E-state index contributed by atoms with van der Waals surface area (Å²) in [4.78, 5) is 12.6. The van der Waals surface area contributed by atoms with Gasteiger partial charge in [-0.25, -0.2) is 5.06 Å². The maximum Gasteiger partial charge on any atom is 0.150 e. The maximum atomic E-state index is 5.54. The highest BCUT2D eigenvalue weighted by Gasteiger charge is 2.18. The van der Waals surface area contributed by atoms with Gasteiger partial charge in [-0.2, -0.15) is 0 Å². The minimum absolute atomic E-state index is 0.632. The fourth-order valence-corrected chi connectivity index (χ4v) is 5.02. The molecule has 0 radical (unpaired) electrons. The van der Waals surface area contributed by atoms with Gasteiger partial charge in [0.15, 0.2) is 4.99 Å². The molecule has 2 N–H and O–H groups in total. The van der Waals surface area contributed by atoms with Crippen molar-refractivity contribution >= 4 is 56.6 Å². The molecule has 0 atom stereocenters. The SMILES string of the molecule is CON(C)C(=S)c1[nH]c2ccccc2c1-c1ccccc1.S=Cc1[nH]c2ccccc2c1-c1ccccc1. The van der Waals surface area contributed by atoms with Gasteiger partial charge in [0.25, 0.3) is 0 Å². The number of benzene rings is 4. The van der Waals surface area contributed by atoms with E-state index in [1.807, 2.05) is 61.6 Å². The molecule has 188 valence electrons. The molecular formula is C32H27N3OS2. The molecule has 0 bridgehead atoms. The summed E-state index contributed by atoms with van der Waals surface area (Å²) >= 11 is 10.6. The van der Waals surface area contributed by atoms with Gasteiger partial charge in [0.2, 0.25) is 0 Å². The third-order valence-electron chi connectivity index (χ3n) is 6.46. The van der Waals surface area contributed by atoms with E-state index in [1.54, 1.807) is 17.5 Å². The van der Waals surface area contributed by atoms with Gasteiger partial charge in [0, 0.05) is 45.3 Å². The molecule has 0 fully saturated rings. The van der Waals surface area contributed by atoms with Crippen LogP contribution in [0.2, 0.25) is 0 Å². The van der Waals surface area contributed by atoms with Crippen molar-refractivity contribution in [3.05, 3.63) is 121 Å². The predicted octanol–water partition coefficient (Wildman–Crippen LogP) is 8.19. The van der Waals surface area contributed by atoms with Crippen LogP contribution in [0.15, 0.2) is 109 Å². The third kappa shape index (κ3) is 5.02. The number of para-hydroxylation sites is 2. The Morgan fingerprint density at radius 2 is 1.16 bits per heavy atom. The van der Waals surface area contributed by atoms with Crippen LogP contribution in [0.1, 0.15) is 11.4 Å². The molecule has 2 heterocycles. The van der Waals surface area contributed by atoms with Crippen LogP contribution in [0, 0.1) is 0 Å². The van der Waals surface area contributed by atoms with Gasteiger partial charge in [-0.05, 0) is 23.3 Å². The summed E-state index contributed by atoms with van der Waals surface area (Å²) in [6, 6.07) is 37.1.